The maximum Gasteiger partial charge on any atom is 0.280 e. The molecule has 0 radical (unpaired) electrons. The molecule has 33 heavy (non-hydrogen) atoms. The third kappa shape index (κ3) is 4.19. The SMILES string of the molecule is CNc1cc(C(=O)/N=c2\[nH]c3ccccc3n2[C@H]2CC[C@@H](O)CC2)cc(-c2cnn(C)c2)n1. The lowest BCUT2D eigenvalue weighted by Gasteiger charge is -2.27. The maximum absolute atomic E-state index is 13.3. The molecule has 0 bridgehead atoms. The van der Waals surface area contributed by atoms with Gasteiger partial charge in [0.1, 0.15) is 5.82 Å². The first kappa shape index (κ1) is 21.1. The van der Waals surface area contributed by atoms with Crippen LogP contribution in [0.1, 0.15) is 42.1 Å². The number of anilines is 1. The Morgan fingerprint density at radius 2 is 2.00 bits per heavy atom. The molecule has 1 aromatic carbocycles. The number of carbonyl (C=O) groups is 1. The summed E-state index contributed by atoms with van der Waals surface area (Å²) in [6.45, 7) is 0. The molecule has 3 N–H and O–H groups in total. The van der Waals surface area contributed by atoms with E-state index < -0.39 is 0 Å². The number of rotatable bonds is 4. The number of pyridine rings is 1. The van der Waals surface area contributed by atoms with Gasteiger partial charge in [0.05, 0.1) is 29.0 Å². The number of amides is 1. The standard InChI is InChI=1S/C24H27N7O2/c1-25-22-12-15(11-20(27-22)16-13-26-30(2)14-16)23(33)29-24-28-19-5-3-4-6-21(19)31(24)17-7-9-18(32)10-8-17/h3-6,11-14,17-18,32H,7-10H2,1-2H3,(H,25,27)(H,28,29,33)/t17-,18+. The first-order valence-electron chi connectivity index (χ1n) is 11.2. The fourth-order valence-corrected chi connectivity index (χ4v) is 4.50. The number of imidazole rings is 1. The van der Waals surface area contributed by atoms with Crippen molar-refractivity contribution in [2.24, 2.45) is 12.0 Å². The summed E-state index contributed by atoms with van der Waals surface area (Å²) in [4.78, 5) is 25.7. The molecule has 1 fully saturated rings. The topological polar surface area (TPSA) is 113 Å². The molecule has 0 spiro atoms. The molecule has 1 amide bonds. The second-order valence-corrected chi connectivity index (χ2v) is 8.49. The van der Waals surface area contributed by atoms with Crippen molar-refractivity contribution >= 4 is 22.8 Å². The van der Waals surface area contributed by atoms with E-state index in [0.29, 0.717) is 22.7 Å². The summed E-state index contributed by atoms with van der Waals surface area (Å²) < 4.78 is 3.81. The van der Waals surface area contributed by atoms with Gasteiger partial charge in [-0.25, -0.2) is 4.98 Å². The van der Waals surface area contributed by atoms with Crippen molar-refractivity contribution < 1.29 is 9.90 Å². The first-order chi connectivity index (χ1) is 16.0. The van der Waals surface area contributed by atoms with Crippen LogP contribution in [0.4, 0.5) is 5.82 Å². The van der Waals surface area contributed by atoms with Crippen LogP contribution in [0, 0.1) is 0 Å². The first-order valence-corrected chi connectivity index (χ1v) is 11.2. The van der Waals surface area contributed by atoms with Gasteiger partial charge in [0.25, 0.3) is 5.91 Å². The number of nitrogens with zero attached hydrogens (tertiary/aromatic N) is 5. The zero-order chi connectivity index (χ0) is 22.9. The lowest BCUT2D eigenvalue weighted by Crippen LogP contribution is -2.29. The van der Waals surface area contributed by atoms with Crippen LogP contribution in [0.15, 0.2) is 53.8 Å². The molecule has 170 valence electrons. The molecule has 1 aliphatic rings. The Labute approximate surface area is 190 Å². The lowest BCUT2D eigenvalue weighted by atomic mass is 9.93. The van der Waals surface area contributed by atoms with Crippen molar-refractivity contribution in [1.82, 2.24) is 24.3 Å². The minimum atomic E-state index is -0.352. The molecule has 9 heteroatoms. The van der Waals surface area contributed by atoms with Gasteiger partial charge in [-0.1, -0.05) is 12.1 Å². The molecule has 0 atom stereocenters. The van der Waals surface area contributed by atoms with E-state index in [1.807, 2.05) is 37.5 Å². The molecule has 5 rings (SSSR count). The third-order valence-electron chi connectivity index (χ3n) is 6.21. The van der Waals surface area contributed by atoms with Crippen molar-refractivity contribution in [2.75, 3.05) is 12.4 Å². The number of aryl methyl sites for hydroxylation is 1. The Morgan fingerprint density at radius 3 is 2.73 bits per heavy atom. The van der Waals surface area contributed by atoms with E-state index in [0.717, 1.165) is 42.3 Å². The Morgan fingerprint density at radius 1 is 1.21 bits per heavy atom. The van der Waals surface area contributed by atoms with Gasteiger partial charge in [-0.2, -0.15) is 10.1 Å². The van der Waals surface area contributed by atoms with Gasteiger partial charge in [-0.15, -0.1) is 0 Å². The fraction of sp³-hybridized carbons (Fsp3) is 0.333. The Balaban J connectivity index is 1.59. The number of aliphatic hydroxyl groups is 1. The van der Waals surface area contributed by atoms with Crippen LogP contribution in [0.5, 0.6) is 0 Å². The van der Waals surface area contributed by atoms with E-state index in [1.54, 1.807) is 30.1 Å². The summed E-state index contributed by atoms with van der Waals surface area (Å²) in [6, 6.07) is 11.6. The number of carbonyl (C=O) groups excluding carboxylic acids is 1. The van der Waals surface area contributed by atoms with Gasteiger partial charge in [0, 0.05) is 37.5 Å². The van der Waals surface area contributed by atoms with E-state index in [9.17, 15) is 9.90 Å². The van der Waals surface area contributed by atoms with Crippen LogP contribution in [0.3, 0.4) is 0 Å². The highest BCUT2D eigenvalue weighted by Gasteiger charge is 2.23. The normalized spacial score (nSPS) is 19.2. The molecule has 0 saturated heterocycles. The van der Waals surface area contributed by atoms with E-state index in [-0.39, 0.29) is 18.1 Å². The molecule has 4 aromatic rings. The van der Waals surface area contributed by atoms with E-state index in [1.165, 1.54) is 0 Å². The summed E-state index contributed by atoms with van der Waals surface area (Å²) in [6.07, 6.45) is 6.50. The quantitative estimate of drug-likeness (QED) is 0.447. The average Bonchev–Trinajstić information content (AvgIpc) is 3.42. The minimum Gasteiger partial charge on any atom is -0.393 e. The van der Waals surface area contributed by atoms with Crippen LogP contribution in [-0.2, 0) is 7.05 Å². The van der Waals surface area contributed by atoms with E-state index >= 15 is 0 Å². The molecule has 3 heterocycles. The molecular formula is C24H27N7O2. The smallest absolute Gasteiger partial charge is 0.280 e. The number of fused-ring (bicyclic) bond motifs is 1. The number of H-pyrrole nitrogens is 1. The zero-order valence-electron chi connectivity index (χ0n) is 18.7. The molecule has 3 aromatic heterocycles. The Hall–Kier alpha value is -3.72. The number of hydrogen-bond acceptors (Lipinski definition) is 5. The van der Waals surface area contributed by atoms with Crippen LogP contribution in [-0.4, -0.2) is 48.5 Å². The van der Waals surface area contributed by atoms with Crippen LogP contribution < -0.4 is 10.9 Å². The van der Waals surface area contributed by atoms with Gasteiger partial charge in [-0.3, -0.25) is 9.48 Å². The van der Waals surface area contributed by atoms with Crippen molar-refractivity contribution in [3.63, 3.8) is 0 Å². The molecule has 0 aliphatic heterocycles. The summed E-state index contributed by atoms with van der Waals surface area (Å²) >= 11 is 0. The molecule has 1 aliphatic carbocycles. The van der Waals surface area contributed by atoms with Gasteiger partial charge in [0.15, 0.2) is 0 Å². The Bertz CT molecular complexity index is 1370. The van der Waals surface area contributed by atoms with Gasteiger partial charge in [-0.05, 0) is 49.9 Å². The second kappa shape index (κ2) is 8.67. The molecule has 0 unspecified atom stereocenters. The summed E-state index contributed by atoms with van der Waals surface area (Å²) in [5, 5.41) is 17.2. The predicted molar refractivity (Wildman–Crippen MR) is 126 cm³/mol. The Kier molecular flexibility index (Phi) is 5.55. The number of benzene rings is 1. The highest BCUT2D eigenvalue weighted by Crippen LogP contribution is 2.30. The number of hydrogen-bond donors (Lipinski definition) is 3. The van der Waals surface area contributed by atoms with E-state index in [2.05, 4.69) is 29.9 Å². The van der Waals surface area contributed by atoms with Crippen molar-refractivity contribution in [3.8, 4) is 11.3 Å². The van der Waals surface area contributed by atoms with E-state index in [4.69, 9.17) is 0 Å². The van der Waals surface area contributed by atoms with Crippen LogP contribution >= 0.6 is 0 Å². The average molecular weight is 446 g/mol. The summed E-state index contributed by atoms with van der Waals surface area (Å²) in [5.41, 5.74) is 4.37. The summed E-state index contributed by atoms with van der Waals surface area (Å²) in [7, 11) is 3.61. The van der Waals surface area contributed by atoms with Gasteiger partial charge in [0.2, 0.25) is 5.62 Å². The van der Waals surface area contributed by atoms with Crippen LogP contribution in [0.25, 0.3) is 22.3 Å². The molecule has 9 nitrogen and oxygen atoms in total. The molecule has 1 saturated carbocycles. The highest BCUT2D eigenvalue weighted by molar-refractivity contribution is 5.96. The highest BCUT2D eigenvalue weighted by atomic mass is 16.3. The lowest BCUT2D eigenvalue weighted by molar-refractivity contribution is 0.0990. The predicted octanol–water partition coefficient (Wildman–Crippen LogP) is 3.02. The number of aromatic nitrogens is 5. The monoisotopic (exact) mass is 445 g/mol. The maximum atomic E-state index is 13.3. The van der Waals surface area contributed by atoms with Gasteiger partial charge >= 0.3 is 0 Å². The van der Waals surface area contributed by atoms with Crippen LogP contribution in [0.2, 0.25) is 0 Å². The zero-order valence-corrected chi connectivity index (χ0v) is 18.7. The van der Waals surface area contributed by atoms with Gasteiger partial charge < -0.3 is 20.0 Å². The second-order valence-electron chi connectivity index (χ2n) is 8.49. The molecular weight excluding hydrogens is 418 g/mol. The van der Waals surface area contributed by atoms with Crippen molar-refractivity contribution in [1.29, 1.82) is 0 Å². The largest absolute Gasteiger partial charge is 0.393 e. The number of para-hydroxylation sites is 2. The van der Waals surface area contributed by atoms with Crippen molar-refractivity contribution in [2.45, 2.75) is 37.8 Å². The third-order valence-corrected chi connectivity index (χ3v) is 6.21. The minimum absolute atomic E-state index is 0.173. The van der Waals surface area contributed by atoms with Crippen molar-refractivity contribution in [3.05, 3.63) is 60.0 Å². The summed E-state index contributed by atoms with van der Waals surface area (Å²) in [5.74, 6) is 0.232. The fourth-order valence-electron chi connectivity index (χ4n) is 4.50. The number of nitrogens with one attached hydrogen (secondary N) is 2. The number of aromatic amines is 1. The number of aliphatic hydroxyl groups excluding tert-OH is 1.